The minimum Gasteiger partial charge on any atom is -0.508 e. The van der Waals surface area contributed by atoms with Crippen LogP contribution in [0.15, 0.2) is 24.3 Å². The van der Waals surface area contributed by atoms with Crippen molar-refractivity contribution in [3.05, 3.63) is 29.8 Å². The van der Waals surface area contributed by atoms with E-state index < -0.39 is 6.04 Å². The summed E-state index contributed by atoms with van der Waals surface area (Å²) in [5.41, 5.74) is 6.14. The molecule has 1 rings (SSSR count). The molecule has 1 aromatic carbocycles. The lowest BCUT2D eigenvalue weighted by Gasteiger charge is -2.11. The van der Waals surface area contributed by atoms with Gasteiger partial charge in [-0.2, -0.15) is 11.8 Å². The van der Waals surface area contributed by atoms with E-state index in [9.17, 15) is 14.7 Å². The van der Waals surface area contributed by atoms with Crippen LogP contribution in [-0.4, -0.2) is 48.1 Å². The molecule has 0 saturated carbocycles. The number of hydrogen-bond acceptors (Lipinski definition) is 5. The molecule has 22 heavy (non-hydrogen) atoms. The molecule has 1 unspecified atom stereocenters. The largest absolute Gasteiger partial charge is 0.508 e. The van der Waals surface area contributed by atoms with Gasteiger partial charge < -0.3 is 21.5 Å². The molecule has 0 aromatic heterocycles. The average Bonchev–Trinajstić information content (AvgIpc) is 2.51. The molecule has 5 N–H and O–H groups in total. The summed E-state index contributed by atoms with van der Waals surface area (Å²) in [6.45, 7) is 0.904. The fourth-order valence-electron chi connectivity index (χ4n) is 1.76. The molecule has 0 spiro atoms. The van der Waals surface area contributed by atoms with Gasteiger partial charge in [0.2, 0.25) is 5.91 Å². The number of thioether (sulfide) groups is 1. The topological polar surface area (TPSA) is 104 Å². The number of phenols is 1. The Morgan fingerprint density at radius 3 is 2.73 bits per heavy atom. The Morgan fingerprint density at radius 1 is 1.32 bits per heavy atom. The van der Waals surface area contributed by atoms with Gasteiger partial charge in [0.05, 0.1) is 6.04 Å². The first-order valence-electron chi connectivity index (χ1n) is 7.14. The van der Waals surface area contributed by atoms with Crippen molar-refractivity contribution in [3.63, 3.8) is 0 Å². The van der Waals surface area contributed by atoms with E-state index >= 15 is 0 Å². The van der Waals surface area contributed by atoms with E-state index in [4.69, 9.17) is 5.73 Å². The summed E-state index contributed by atoms with van der Waals surface area (Å²) in [5, 5.41) is 14.8. The summed E-state index contributed by atoms with van der Waals surface area (Å²) in [7, 11) is 0. The smallest absolute Gasteiger partial charge is 0.251 e. The van der Waals surface area contributed by atoms with Gasteiger partial charge in [0.1, 0.15) is 5.75 Å². The molecule has 2 amide bonds. The summed E-state index contributed by atoms with van der Waals surface area (Å²) in [4.78, 5) is 23.4. The SMILES string of the molecule is CSCCC(N)C(=O)NCCCNC(=O)c1cccc(O)c1. The van der Waals surface area contributed by atoms with E-state index in [0.29, 0.717) is 31.5 Å². The Bertz CT molecular complexity index is 497. The first kappa shape index (κ1) is 18.3. The highest BCUT2D eigenvalue weighted by molar-refractivity contribution is 7.98. The number of benzene rings is 1. The summed E-state index contributed by atoms with van der Waals surface area (Å²) in [5.74, 6) is 0.501. The van der Waals surface area contributed by atoms with Crippen molar-refractivity contribution in [1.82, 2.24) is 10.6 Å². The Balaban J connectivity index is 2.17. The maximum atomic E-state index is 11.8. The van der Waals surface area contributed by atoms with E-state index in [-0.39, 0.29) is 17.6 Å². The lowest BCUT2D eigenvalue weighted by molar-refractivity contribution is -0.122. The third-order valence-electron chi connectivity index (χ3n) is 3.02. The molecule has 1 atom stereocenters. The van der Waals surface area contributed by atoms with Crippen LogP contribution in [0.4, 0.5) is 0 Å². The van der Waals surface area contributed by atoms with Crippen LogP contribution in [0.5, 0.6) is 5.75 Å². The van der Waals surface area contributed by atoms with Crippen molar-refractivity contribution in [3.8, 4) is 5.75 Å². The van der Waals surface area contributed by atoms with Crippen LogP contribution < -0.4 is 16.4 Å². The van der Waals surface area contributed by atoms with Gasteiger partial charge in [-0.05, 0) is 43.0 Å². The molecular formula is C15H23N3O3S. The second-order valence-electron chi connectivity index (χ2n) is 4.84. The fraction of sp³-hybridized carbons (Fsp3) is 0.467. The maximum Gasteiger partial charge on any atom is 0.251 e. The number of carbonyl (C=O) groups excluding carboxylic acids is 2. The van der Waals surface area contributed by atoms with Crippen molar-refractivity contribution in [2.45, 2.75) is 18.9 Å². The van der Waals surface area contributed by atoms with Crippen molar-refractivity contribution >= 4 is 23.6 Å². The lowest BCUT2D eigenvalue weighted by atomic mass is 10.2. The molecule has 0 fully saturated rings. The second-order valence-corrected chi connectivity index (χ2v) is 5.82. The van der Waals surface area contributed by atoms with E-state index in [1.54, 1.807) is 23.9 Å². The number of rotatable bonds is 9. The Labute approximate surface area is 134 Å². The fourth-order valence-corrected chi connectivity index (χ4v) is 2.25. The van der Waals surface area contributed by atoms with Crippen LogP contribution in [-0.2, 0) is 4.79 Å². The number of nitrogens with one attached hydrogen (secondary N) is 2. The third kappa shape index (κ3) is 6.82. The zero-order valence-electron chi connectivity index (χ0n) is 12.7. The molecule has 1 aromatic rings. The molecule has 6 nitrogen and oxygen atoms in total. The highest BCUT2D eigenvalue weighted by Gasteiger charge is 2.11. The quantitative estimate of drug-likeness (QED) is 0.501. The van der Waals surface area contributed by atoms with Crippen molar-refractivity contribution in [1.29, 1.82) is 0 Å². The lowest BCUT2D eigenvalue weighted by Crippen LogP contribution is -2.41. The summed E-state index contributed by atoms with van der Waals surface area (Å²) < 4.78 is 0. The van der Waals surface area contributed by atoms with E-state index in [0.717, 1.165) is 5.75 Å². The molecule has 0 radical (unpaired) electrons. The minimum absolute atomic E-state index is 0.0548. The average molecular weight is 325 g/mol. The zero-order valence-corrected chi connectivity index (χ0v) is 13.5. The number of hydrogen-bond donors (Lipinski definition) is 4. The van der Waals surface area contributed by atoms with Gasteiger partial charge in [-0.1, -0.05) is 6.07 Å². The van der Waals surface area contributed by atoms with Crippen molar-refractivity contribution < 1.29 is 14.7 Å². The number of nitrogens with two attached hydrogens (primary N) is 1. The van der Waals surface area contributed by atoms with E-state index in [1.165, 1.54) is 12.1 Å². The van der Waals surface area contributed by atoms with Gasteiger partial charge in [-0.15, -0.1) is 0 Å². The Kier molecular flexibility index (Phi) is 8.39. The van der Waals surface area contributed by atoms with Gasteiger partial charge in [0, 0.05) is 18.7 Å². The molecule has 0 aliphatic carbocycles. The second kappa shape index (κ2) is 10.1. The van der Waals surface area contributed by atoms with Crippen LogP contribution in [0.1, 0.15) is 23.2 Å². The standard InChI is InChI=1S/C15H23N3O3S/c1-22-9-6-13(16)15(21)18-8-3-7-17-14(20)11-4-2-5-12(19)10-11/h2,4-5,10,13,19H,3,6-9,16H2,1H3,(H,17,20)(H,18,21). The molecule has 0 heterocycles. The molecule has 7 heteroatoms. The molecule has 0 aliphatic heterocycles. The van der Waals surface area contributed by atoms with Crippen LogP contribution in [0.25, 0.3) is 0 Å². The molecule has 0 aliphatic rings. The predicted molar refractivity (Wildman–Crippen MR) is 89.0 cm³/mol. The first-order valence-corrected chi connectivity index (χ1v) is 8.53. The van der Waals surface area contributed by atoms with Crippen LogP contribution in [0.2, 0.25) is 0 Å². The summed E-state index contributed by atoms with van der Waals surface area (Å²) >= 11 is 1.66. The van der Waals surface area contributed by atoms with Gasteiger partial charge in [-0.25, -0.2) is 0 Å². The predicted octanol–water partition coefficient (Wildman–Crippen LogP) is 0.709. The highest BCUT2D eigenvalue weighted by atomic mass is 32.2. The summed E-state index contributed by atoms with van der Waals surface area (Å²) in [6.07, 6.45) is 3.24. The minimum atomic E-state index is -0.477. The van der Waals surface area contributed by atoms with Gasteiger partial charge in [0.25, 0.3) is 5.91 Å². The van der Waals surface area contributed by atoms with Crippen molar-refractivity contribution in [2.75, 3.05) is 25.1 Å². The number of amides is 2. The number of carbonyl (C=O) groups is 2. The van der Waals surface area contributed by atoms with Gasteiger partial charge in [-0.3, -0.25) is 9.59 Å². The zero-order chi connectivity index (χ0) is 16.4. The van der Waals surface area contributed by atoms with Crippen molar-refractivity contribution in [2.24, 2.45) is 5.73 Å². The van der Waals surface area contributed by atoms with E-state index in [2.05, 4.69) is 10.6 Å². The normalized spacial score (nSPS) is 11.7. The molecule has 0 saturated heterocycles. The van der Waals surface area contributed by atoms with Crippen LogP contribution in [0.3, 0.4) is 0 Å². The van der Waals surface area contributed by atoms with Crippen LogP contribution >= 0.6 is 11.8 Å². The molecular weight excluding hydrogens is 302 g/mol. The van der Waals surface area contributed by atoms with Gasteiger partial charge in [0.15, 0.2) is 0 Å². The summed E-state index contributed by atoms with van der Waals surface area (Å²) in [6, 6.07) is 5.67. The van der Waals surface area contributed by atoms with Gasteiger partial charge >= 0.3 is 0 Å². The number of phenolic OH excluding ortho intramolecular Hbond substituents is 1. The molecule has 122 valence electrons. The van der Waals surface area contributed by atoms with Crippen LogP contribution in [0, 0.1) is 0 Å². The monoisotopic (exact) mass is 325 g/mol. The highest BCUT2D eigenvalue weighted by Crippen LogP contribution is 2.10. The number of aromatic hydroxyl groups is 1. The first-order chi connectivity index (χ1) is 10.5. The maximum absolute atomic E-state index is 11.8. The Hall–Kier alpha value is -1.73. The third-order valence-corrected chi connectivity index (χ3v) is 3.66. The molecule has 0 bridgehead atoms. The Morgan fingerprint density at radius 2 is 2.05 bits per heavy atom. The van der Waals surface area contributed by atoms with E-state index in [1.807, 2.05) is 6.26 Å².